The van der Waals surface area contributed by atoms with Crippen molar-refractivity contribution in [2.24, 2.45) is 0 Å². The smallest absolute Gasteiger partial charge is 0.254 e. The van der Waals surface area contributed by atoms with Gasteiger partial charge in [0.2, 0.25) is 0 Å². The van der Waals surface area contributed by atoms with E-state index in [9.17, 15) is 4.79 Å². The fourth-order valence-electron chi connectivity index (χ4n) is 2.95. The van der Waals surface area contributed by atoms with E-state index < -0.39 is 0 Å². The molecule has 7 nitrogen and oxygen atoms in total. The van der Waals surface area contributed by atoms with E-state index in [2.05, 4.69) is 15.1 Å². The predicted molar refractivity (Wildman–Crippen MR) is 94.8 cm³/mol. The summed E-state index contributed by atoms with van der Waals surface area (Å²) in [5, 5.41) is 7.64. The standard InChI is InChI=1S/C18H25N5O2/c1-21(2)8-9-22(12-17-7-4-10-25-17)18(24)15-5-3-6-16(11-15)23-13-19-20-14-23/h3,5-6,11,13-14,17H,4,7-10,12H2,1-2H3/t17-/m0/s1. The van der Waals surface area contributed by atoms with Gasteiger partial charge in [0.1, 0.15) is 12.7 Å². The molecule has 0 spiro atoms. The van der Waals surface area contributed by atoms with E-state index in [4.69, 9.17) is 4.74 Å². The molecule has 1 atom stereocenters. The van der Waals surface area contributed by atoms with Crippen LogP contribution in [0.15, 0.2) is 36.9 Å². The van der Waals surface area contributed by atoms with Crippen molar-refractivity contribution in [2.45, 2.75) is 18.9 Å². The molecule has 2 aromatic rings. The molecule has 25 heavy (non-hydrogen) atoms. The number of benzene rings is 1. The van der Waals surface area contributed by atoms with Gasteiger partial charge in [0.05, 0.1) is 6.10 Å². The molecule has 1 aromatic heterocycles. The number of amides is 1. The number of hydrogen-bond acceptors (Lipinski definition) is 5. The van der Waals surface area contributed by atoms with Gasteiger partial charge in [0.15, 0.2) is 0 Å². The van der Waals surface area contributed by atoms with E-state index in [-0.39, 0.29) is 12.0 Å². The van der Waals surface area contributed by atoms with E-state index in [0.717, 1.165) is 31.7 Å². The summed E-state index contributed by atoms with van der Waals surface area (Å²) in [5.41, 5.74) is 1.54. The summed E-state index contributed by atoms with van der Waals surface area (Å²) in [4.78, 5) is 17.1. The van der Waals surface area contributed by atoms with Crippen molar-refractivity contribution in [1.82, 2.24) is 24.6 Å². The van der Waals surface area contributed by atoms with Gasteiger partial charge in [-0.05, 0) is 45.1 Å². The fourth-order valence-corrected chi connectivity index (χ4v) is 2.95. The van der Waals surface area contributed by atoms with Gasteiger partial charge < -0.3 is 14.5 Å². The Morgan fingerprint density at radius 1 is 1.28 bits per heavy atom. The van der Waals surface area contributed by atoms with Gasteiger partial charge >= 0.3 is 0 Å². The lowest BCUT2D eigenvalue weighted by Gasteiger charge is -2.27. The number of carbonyl (C=O) groups excluding carboxylic acids is 1. The Morgan fingerprint density at radius 2 is 2.08 bits per heavy atom. The lowest BCUT2D eigenvalue weighted by atomic mass is 10.1. The molecule has 3 rings (SSSR count). The number of aromatic nitrogens is 3. The first-order chi connectivity index (χ1) is 12.1. The van der Waals surface area contributed by atoms with Crippen LogP contribution in [0.1, 0.15) is 23.2 Å². The Kier molecular flexibility index (Phi) is 5.78. The predicted octanol–water partition coefficient (Wildman–Crippen LogP) is 1.45. The molecular formula is C18H25N5O2. The second kappa shape index (κ2) is 8.22. The van der Waals surface area contributed by atoms with Crippen LogP contribution in [-0.4, -0.2) is 76.9 Å². The van der Waals surface area contributed by atoms with Crippen LogP contribution in [0.4, 0.5) is 0 Å². The zero-order chi connectivity index (χ0) is 17.6. The zero-order valence-electron chi connectivity index (χ0n) is 14.8. The van der Waals surface area contributed by atoms with Crippen molar-refractivity contribution in [2.75, 3.05) is 40.3 Å². The van der Waals surface area contributed by atoms with E-state index in [1.54, 1.807) is 17.2 Å². The summed E-state index contributed by atoms with van der Waals surface area (Å²) in [6.45, 7) is 2.94. The summed E-state index contributed by atoms with van der Waals surface area (Å²) >= 11 is 0. The van der Waals surface area contributed by atoms with Crippen LogP contribution in [0.2, 0.25) is 0 Å². The molecule has 2 heterocycles. The normalized spacial score (nSPS) is 17.2. The average Bonchev–Trinajstić information content (AvgIpc) is 3.31. The number of hydrogen-bond donors (Lipinski definition) is 0. The number of likely N-dealkylation sites (N-methyl/N-ethyl adjacent to an activating group) is 1. The van der Waals surface area contributed by atoms with Gasteiger partial charge in [-0.1, -0.05) is 6.07 Å². The summed E-state index contributed by atoms with van der Waals surface area (Å²) in [5.74, 6) is 0.0345. The summed E-state index contributed by atoms with van der Waals surface area (Å²) < 4.78 is 7.52. The maximum absolute atomic E-state index is 13.1. The van der Waals surface area contributed by atoms with Gasteiger partial charge in [0, 0.05) is 37.5 Å². The molecule has 0 unspecified atom stereocenters. The van der Waals surface area contributed by atoms with Crippen LogP contribution in [0.25, 0.3) is 5.69 Å². The first-order valence-electron chi connectivity index (χ1n) is 8.64. The third kappa shape index (κ3) is 4.64. The largest absolute Gasteiger partial charge is 0.376 e. The second-order valence-electron chi connectivity index (χ2n) is 6.61. The van der Waals surface area contributed by atoms with Crippen molar-refractivity contribution >= 4 is 5.91 Å². The van der Waals surface area contributed by atoms with Crippen LogP contribution in [0.3, 0.4) is 0 Å². The Balaban J connectivity index is 1.77. The molecule has 1 aliphatic heterocycles. The summed E-state index contributed by atoms with van der Waals surface area (Å²) in [6, 6.07) is 7.56. The van der Waals surface area contributed by atoms with Gasteiger partial charge in [-0.3, -0.25) is 9.36 Å². The molecule has 1 aromatic carbocycles. The van der Waals surface area contributed by atoms with Crippen molar-refractivity contribution in [3.63, 3.8) is 0 Å². The molecule has 0 aliphatic carbocycles. The van der Waals surface area contributed by atoms with Gasteiger partial charge in [0.25, 0.3) is 5.91 Å². The highest BCUT2D eigenvalue weighted by atomic mass is 16.5. The van der Waals surface area contributed by atoms with Crippen LogP contribution in [0.5, 0.6) is 0 Å². The SMILES string of the molecule is CN(C)CCN(C[C@@H]1CCCO1)C(=O)c1cccc(-n2cnnc2)c1. The fraction of sp³-hybridized carbons (Fsp3) is 0.500. The molecule has 1 aliphatic rings. The maximum atomic E-state index is 13.1. The number of rotatable bonds is 7. The van der Waals surface area contributed by atoms with E-state index in [0.29, 0.717) is 18.7 Å². The lowest BCUT2D eigenvalue weighted by molar-refractivity contribution is 0.0512. The number of nitrogens with zero attached hydrogens (tertiary/aromatic N) is 5. The van der Waals surface area contributed by atoms with E-state index in [1.165, 1.54) is 0 Å². The van der Waals surface area contributed by atoms with Crippen molar-refractivity contribution in [3.8, 4) is 5.69 Å². The van der Waals surface area contributed by atoms with Gasteiger partial charge in [-0.25, -0.2) is 0 Å². The molecule has 0 radical (unpaired) electrons. The van der Waals surface area contributed by atoms with Crippen molar-refractivity contribution < 1.29 is 9.53 Å². The molecular weight excluding hydrogens is 318 g/mol. The highest BCUT2D eigenvalue weighted by molar-refractivity contribution is 5.94. The third-order valence-corrected chi connectivity index (χ3v) is 4.36. The molecule has 0 bridgehead atoms. The first kappa shape index (κ1) is 17.6. The minimum Gasteiger partial charge on any atom is -0.376 e. The molecule has 0 saturated carbocycles. The average molecular weight is 343 g/mol. The van der Waals surface area contributed by atoms with Gasteiger partial charge in [-0.2, -0.15) is 0 Å². The van der Waals surface area contributed by atoms with E-state index in [1.807, 2.05) is 43.3 Å². The quantitative estimate of drug-likeness (QED) is 0.761. The zero-order valence-corrected chi connectivity index (χ0v) is 14.8. The Morgan fingerprint density at radius 3 is 2.76 bits per heavy atom. The van der Waals surface area contributed by atoms with Crippen LogP contribution >= 0.6 is 0 Å². The minimum atomic E-state index is 0.0345. The van der Waals surface area contributed by atoms with E-state index >= 15 is 0 Å². The third-order valence-electron chi connectivity index (χ3n) is 4.36. The minimum absolute atomic E-state index is 0.0345. The van der Waals surface area contributed by atoms with Crippen molar-refractivity contribution in [1.29, 1.82) is 0 Å². The van der Waals surface area contributed by atoms with Crippen molar-refractivity contribution in [3.05, 3.63) is 42.5 Å². The molecule has 0 N–H and O–H groups in total. The van der Waals surface area contributed by atoms with Gasteiger partial charge in [-0.15, -0.1) is 10.2 Å². The lowest BCUT2D eigenvalue weighted by Crippen LogP contribution is -2.41. The first-order valence-corrected chi connectivity index (χ1v) is 8.64. The number of ether oxygens (including phenoxy) is 1. The molecule has 134 valence electrons. The van der Waals surface area contributed by atoms with Crippen LogP contribution in [-0.2, 0) is 4.74 Å². The highest BCUT2D eigenvalue weighted by Gasteiger charge is 2.23. The highest BCUT2D eigenvalue weighted by Crippen LogP contribution is 2.16. The summed E-state index contributed by atoms with van der Waals surface area (Å²) in [6.07, 6.45) is 5.49. The Bertz CT molecular complexity index is 681. The molecule has 1 saturated heterocycles. The monoisotopic (exact) mass is 343 g/mol. The maximum Gasteiger partial charge on any atom is 0.254 e. The summed E-state index contributed by atoms with van der Waals surface area (Å²) in [7, 11) is 4.03. The Hall–Kier alpha value is -2.25. The van der Waals surface area contributed by atoms with Crippen LogP contribution in [0, 0.1) is 0 Å². The van der Waals surface area contributed by atoms with Crippen LogP contribution < -0.4 is 0 Å². The topological polar surface area (TPSA) is 63.5 Å². The molecule has 1 amide bonds. The second-order valence-corrected chi connectivity index (χ2v) is 6.61. The molecule has 1 fully saturated rings. The molecule has 7 heteroatoms. The Labute approximate surface area is 148 Å². The number of carbonyl (C=O) groups is 1.